The van der Waals surface area contributed by atoms with Crippen LogP contribution in [0.5, 0.6) is 0 Å². The van der Waals surface area contributed by atoms with Crippen molar-refractivity contribution in [2.75, 3.05) is 26.9 Å². The Balaban J connectivity index is 2.51. The Morgan fingerprint density at radius 3 is 2.59 bits per heavy atom. The molecule has 1 heterocycles. The summed E-state index contributed by atoms with van der Waals surface area (Å²) in [5, 5.41) is 8.19. The summed E-state index contributed by atoms with van der Waals surface area (Å²) >= 11 is 0. The monoisotopic (exact) mass is 267 g/mol. The average Bonchev–Trinajstić information content (AvgIpc) is 2.30. The lowest BCUT2D eigenvalue weighted by atomic mass is 10.2. The molecule has 1 aliphatic rings. The quantitative estimate of drug-likeness (QED) is 0.652. The van der Waals surface area contributed by atoms with Crippen molar-refractivity contribution in [1.82, 2.24) is 4.72 Å². The molecule has 2 N–H and O–H groups in total. The Morgan fingerprint density at radius 1 is 1.53 bits per heavy atom. The summed E-state index contributed by atoms with van der Waals surface area (Å²) in [5.74, 6) is -1.19. The fraction of sp³-hybridized carbons (Fsp3) is 0.889. The van der Waals surface area contributed by atoms with E-state index in [9.17, 15) is 13.2 Å². The predicted octanol–water partition coefficient (Wildman–Crippen LogP) is -0.816. The number of ether oxygens (including phenoxy) is 2. The summed E-state index contributed by atoms with van der Waals surface area (Å²) in [5.41, 5.74) is 0. The van der Waals surface area contributed by atoms with Gasteiger partial charge in [0.05, 0.1) is 5.25 Å². The van der Waals surface area contributed by atoms with Crippen LogP contribution in [0, 0.1) is 0 Å². The van der Waals surface area contributed by atoms with E-state index in [0.29, 0.717) is 26.1 Å². The first-order valence-electron chi connectivity index (χ1n) is 5.29. The molecule has 1 atom stereocenters. The van der Waals surface area contributed by atoms with Gasteiger partial charge in [-0.1, -0.05) is 0 Å². The van der Waals surface area contributed by atoms with Gasteiger partial charge >= 0.3 is 5.97 Å². The van der Waals surface area contributed by atoms with E-state index in [1.807, 2.05) is 0 Å². The molecule has 1 rings (SSSR count). The maximum absolute atomic E-state index is 11.8. The molecule has 0 radical (unpaired) electrons. The van der Waals surface area contributed by atoms with Gasteiger partial charge in [0.15, 0.2) is 6.10 Å². The molecule has 0 aliphatic carbocycles. The van der Waals surface area contributed by atoms with Crippen molar-refractivity contribution < 1.29 is 27.8 Å². The Bertz CT molecular complexity index is 348. The highest BCUT2D eigenvalue weighted by atomic mass is 32.2. The Hall–Kier alpha value is -0.700. The molecule has 0 aromatic rings. The number of carboxylic acid groups (broad SMARTS) is 1. The highest BCUT2D eigenvalue weighted by molar-refractivity contribution is 7.90. The maximum atomic E-state index is 11.8. The zero-order chi connectivity index (χ0) is 12.9. The lowest BCUT2D eigenvalue weighted by molar-refractivity contribution is -0.147. The van der Waals surface area contributed by atoms with Crippen LogP contribution in [0.25, 0.3) is 0 Å². The summed E-state index contributed by atoms with van der Waals surface area (Å²) in [4.78, 5) is 10.6. The molecule has 0 amide bonds. The number of hydrogen-bond acceptors (Lipinski definition) is 5. The van der Waals surface area contributed by atoms with Gasteiger partial charge in [0.1, 0.15) is 0 Å². The minimum absolute atomic E-state index is 0.258. The van der Waals surface area contributed by atoms with Gasteiger partial charge in [-0.15, -0.1) is 0 Å². The van der Waals surface area contributed by atoms with Crippen LogP contribution in [0.2, 0.25) is 0 Å². The maximum Gasteiger partial charge on any atom is 0.334 e. The Labute approximate surface area is 100 Å². The molecule has 1 fully saturated rings. The van der Waals surface area contributed by atoms with Gasteiger partial charge in [0, 0.05) is 26.9 Å². The number of nitrogens with one attached hydrogen (secondary N) is 1. The van der Waals surface area contributed by atoms with E-state index < -0.39 is 27.3 Å². The number of methoxy groups -OCH3 is 1. The summed E-state index contributed by atoms with van der Waals surface area (Å²) < 4.78 is 35.6. The van der Waals surface area contributed by atoms with Crippen molar-refractivity contribution in [1.29, 1.82) is 0 Å². The van der Waals surface area contributed by atoms with Gasteiger partial charge < -0.3 is 14.6 Å². The predicted molar refractivity (Wildman–Crippen MR) is 59.2 cm³/mol. The van der Waals surface area contributed by atoms with E-state index in [-0.39, 0.29) is 6.54 Å². The van der Waals surface area contributed by atoms with Crippen LogP contribution >= 0.6 is 0 Å². The molecule has 7 nitrogen and oxygen atoms in total. The van der Waals surface area contributed by atoms with E-state index in [1.165, 1.54) is 7.11 Å². The largest absolute Gasteiger partial charge is 0.479 e. The minimum Gasteiger partial charge on any atom is -0.479 e. The Morgan fingerprint density at radius 2 is 2.12 bits per heavy atom. The topological polar surface area (TPSA) is 102 Å². The highest BCUT2D eigenvalue weighted by Crippen LogP contribution is 2.14. The summed E-state index contributed by atoms with van der Waals surface area (Å²) in [6.45, 7) is 0.571. The number of hydrogen-bond donors (Lipinski definition) is 2. The van der Waals surface area contributed by atoms with Gasteiger partial charge in [-0.05, 0) is 12.8 Å². The van der Waals surface area contributed by atoms with Crippen LogP contribution in [0.4, 0.5) is 0 Å². The van der Waals surface area contributed by atoms with Gasteiger partial charge in [-0.3, -0.25) is 0 Å². The zero-order valence-electron chi connectivity index (χ0n) is 9.59. The van der Waals surface area contributed by atoms with Crippen molar-refractivity contribution in [3.8, 4) is 0 Å². The van der Waals surface area contributed by atoms with Crippen molar-refractivity contribution in [2.45, 2.75) is 24.2 Å². The van der Waals surface area contributed by atoms with Crippen LogP contribution < -0.4 is 4.72 Å². The van der Waals surface area contributed by atoms with Gasteiger partial charge in [0.25, 0.3) is 0 Å². The summed E-state index contributed by atoms with van der Waals surface area (Å²) in [6, 6.07) is 0. The molecule has 0 aromatic carbocycles. The first-order valence-corrected chi connectivity index (χ1v) is 6.84. The highest BCUT2D eigenvalue weighted by Gasteiger charge is 2.29. The van der Waals surface area contributed by atoms with Crippen LogP contribution in [0.3, 0.4) is 0 Å². The van der Waals surface area contributed by atoms with Crippen molar-refractivity contribution in [3.05, 3.63) is 0 Å². The normalized spacial score (nSPS) is 20.1. The van der Waals surface area contributed by atoms with Crippen LogP contribution in [-0.2, 0) is 24.3 Å². The van der Waals surface area contributed by atoms with E-state index in [0.717, 1.165) is 0 Å². The number of aliphatic carboxylic acids is 1. The second kappa shape index (κ2) is 6.29. The van der Waals surface area contributed by atoms with Crippen LogP contribution in [0.15, 0.2) is 0 Å². The molecule has 17 heavy (non-hydrogen) atoms. The van der Waals surface area contributed by atoms with Gasteiger partial charge in [-0.25, -0.2) is 17.9 Å². The lowest BCUT2D eigenvalue weighted by Crippen LogP contribution is -2.43. The number of sulfonamides is 1. The second-order valence-corrected chi connectivity index (χ2v) is 5.81. The van der Waals surface area contributed by atoms with Crippen molar-refractivity contribution in [2.24, 2.45) is 0 Å². The second-order valence-electron chi connectivity index (χ2n) is 3.77. The molecular weight excluding hydrogens is 250 g/mol. The summed E-state index contributed by atoms with van der Waals surface area (Å²) in [6.07, 6.45) is -0.301. The zero-order valence-corrected chi connectivity index (χ0v) is 10.4. The van der Waals surface area contributed by atoms with Crippen molar-refractivity contribution in [3.63, 3.8) is 0 Å². The molecule has 0 spiro atoms. The molecule has 0 bridgehead atoms. The molecule has 1 unspecified atom stereocenters. The third-order valence-electron chi connectivity index (χ3n) is 2.64. The SMILES string of the molecule is COC(CNS(=O)(=O)C1CCOCC1)C(=O)O. The third kappa shape index (κ3) is 4.23. The first-order chi connectivity index (χ1) is 7.97. The van der Waals surface area contributed by atoms with E-state index in [4.69, 9.17) is 9.84 Å². The van der Waals surface area contributed by atoms with Crippen LogP contribution in [-0.4, -0.2) is 57.7 Å². The minimum atomic E-state index is -3.50. The van der Waals surface area contributed by atoms with Crippen molar-refractivity contribution >= 4 is 16.0 Å². The molecule has 8 heteroatoms. The van der Waals surface area contributed by atoms with Gasteiger partial charge in [0.2, 0.25) is 10.0 Å². The molecule has 1 aliphatic heterocycles. The molecule has 1 saturated heterocycles. The van der Waals surface area contributed by atoms with E-state index in [1.54, 1.807) is 0 Å². The molecule has 0 aromatic heterocycles. The summed E-state index contributed by atoms with van der Waals surface area (Å²) in [7, 11) is -2.27. The fourth-order valence-electron chi connectivity index (χ4n) is 1.57. The standard InChI is InChI=1S/C9H17NO6S/c1-15-8(9(11)12)6-10-17(13,14)7-2-4-16-5-3-7/h7-8,10H,2-6H2,1H3,(H,11,12). The average molecular weight is 267 g/mol. The first kappa shape index (κ1) is 14.4. The van der Waals surface area contributed by atoms with E-state index in [2.05, 4.69) is 9.46 Å². The number of carbonyl (C=O) groups is 1. The van der Waals surface area contributed by atoms with Crippen LogP contribution in [0.1, 0.15) is 12.8 Å². The van der Waals surface area contributed by atoms with Gasteiger partial charge in [-0.2, -0.15) is 0 Å². The molecule has 0 saturated carbocycles. The fourth-order valence-corrected chi connectivity index (χ4v) is 3.00. The number of carboxylic acids is 1. The third-order valence-corrected chi connectivity index (χ3v) is 4.56. The molecule has 100 valence electrons. The Kier molecular flexibility index (Phi) is 5.31. The smallest absolute Gasteiger partial charge is 0.334 e. The lowest BCUT2D eigenvalue weighted by Gasteiger charge is -2.23. The van der Waals surface area contributed by atoms with E-state index >= 15 is 0 Å². The molecular formula is C9H17NO6S. The number of rotatable bonds is 6.